The van der Waals surface area contributed by atoms with Gasteiger partial charge in [-0.1, -0.05) is 6.07 Å². The first-order valence-electron chi connectivity index (χ1n) is 7.22. The molecule has 0 saturated carbocycles. The number of imidazole rings is 1. The van der Waals surface area contributed by atoms with Crippen LogP contribution in [0.5, 0.6) is 0 Å². The van der Waals surface area contributed by atoms with E-state index in [9.17, 15) is 9.59 Å². The number of aryl methyl sites for hydroxylation is 2. The minimum atomic E-state index is -0.587. The smallest absolute Gasteiger partial charge is 0.307 e. The first kappa shape index (κ1) is 14.8. The van der Waals surface area contributed by atoms with Crippen molar-refractivity contribution >= 4 is 5.65 Å². The highest BCUT2D eigenvalue weighted by Gasteiger charge is 2.13. The fourth-order valence-corrected chi connectivity index (χ4v) is 2.54. The average Bonchev–Trinajstić information content (AvgIpc) is 2.96. The lowest BCUT2D eigenvalue weighted by Gasteiger charge is -2.07. The van der Waals surface area contributed by atoms with Crippen LogP contribution in [0.2, 0.25) is 0 Å². The van der Waals surface area contributed by atoms with Gasteiger partial charge in [0.25, 0.3) is 5.56 Å². The van der Waals surface area contributed by atoms with E-state index in [2.05, 4.69) is 4.98 Å². The summed E-state index contributed by atoms with van der Waals surface area (Å²) in [4.78, 5) is 29.1. The Morgan fingerprint density at radius 1 is 1.30 bits per heavy atom. The second-order valence-electron chi connectivity index (χ2n) is 5.27. The van der Waals surface area contributed by atoms with Gasteiger partial charge in [-0.15, -0.1) is 0 Å². The summed E-state index contributed by atoms with van der Waals surface area (Å²) < 4.78 is 4.25. The van der Waals surface area contributed by atoms with Crippen LogP contribution in [-0.4, -0.2) is 18.5 Å². The monoisotopic (exact) mass is 309 g/mol. The highest BCUT2D eigenvalue weighted by Crippen LogP contribution is 2.10. The van der Waals surface area contributed by atoms with Crippen LogP contribution in [0.1, 0.15) is 23.7 Å². The molecule has 0 atom stereocenters. The van der Waals surface area contributed by atoms with Gasteiger partial charge in [0.05, 0.1) is 12.2 Å². The zero-order valence-corrected chi connectivity index (χ0v) is 12.9. The molecular weight excluding hydrogens is 294 g/mol. The molecule has 0 aliphatic heterocycles. The van der Waals surface area contributed by atoms with Crippen LogP contribution in [0.25, 0.3) is 5.65 Å². The molecule has 3 heterocycles. The van der Waals surface area contributed by atoms with E-state index in [1.54, 1.807) is 13.1 Å². The number of hydrogen-bond acceptors (Lipinski definition) is 4. The van der Waals surface area contributed by atoms with E-state index in [-0.39, 0.29) is 12.1 Å². The maximum absolute atomic E-state index is 12.4. The van der Waals surface area contributed by atoms with E-state index in [0.29, 0.717) is 12.2 Å². The van der Waals surface area contributed by atoms with E-state index in [1.807, 2.05) is 35.7 Å². The van der Waals surface area contributed by atoms with Crippen LogP contribution < -0.4 is 11.2 Å². The molecule has 0 aliphatic rings. The molecule has 116 valence electrons. The van der Waals surface area contributed by atoms with Crippen LogP contribution >= 0.6 is 0 Å². The Morgan fingerprint density at radius 3 is 2.74 bits per heavy atom. The number of nitrogens with zero attached hydrogens (tertiary/aromatic N) is 5. The van der Waals surface area contributed by atoms with Gasteiger partial charge in [-0.3, -0.25) is 13.9 Å². The van der Waals surface area contributed by atoms with Gasteiger partial charge >= 0.3 is 5.69 Å². The summed E-state index contributed by atoms with van der Waals surface area (Å²) in [6, 6.07) is 5.69. The van der Waals surface area contributed by atoms with Gasteiger partial charge in [-0.2, -0.15) is 5.26 Å². The molecular formula is C16H15N5O2. The summed E-state index contributed by atoms with van der Waals surface area (Å²) in [6.45, 7) is 4.15. The summed E-state index contributed by atoms with van der Waals surface area (Å²) in [7, 11) is 0. The Morgan fingerprint density at radius 2 is 2.09 bits per heavy atom. The molecule has 0 amide bonds. The lowest BCUT2D eigenvalue weighted by molar-refractivity contribution is 0.593. The van der Waals surface area contributed by atoms with Crippen molar-refractivity contribution in [3.05, 3.63) is 68.4 Å². The van der Waals surface area contributed by atoms with Crippen molar-refractivity contribution in [2.75, 3.05) is 0 Å². The Labute approximate surface area is 131 Å². The minimum absolute atomic E-state index is 0.0360. The van der Waals surface area contributed by atoms with E-state index in [1.165, 1.54) is 10.8 Å². The first-order chi connectivity index (χ1) is 11.0. The Balaban J connectivity index is 2.15. The highest BCUT2D eigenvalue weighted by atomic mass is 16.2. The summed E-state index contributed by atoms with van der Waals surface area (Å²) in [5.74, 6) is 0. The van der Waals surface area contributed by atoms with Crippen molar-refractivity contribution < 1.29 is 0 Å². The van der Waals surface area contributed by atoms with Crippen LogP contribution in [-0.2, 0) is 13.1 Å². The standard InChI is InChI=1S/C16H15N5O2/c1-3-19-8-12(7-17)15(22)21(16(19)23)10-13-9-20-6-4-5-11(2)14(20)18-13/h4-6,8-9H,3,10H2,1-2H3. The third-order valence-electron chi connectivity index (χ3n) is 3.75. The zero-order valence-electron chi connectivity index (χ0n) is 12.9. The molecule has 3 aromatic rings. The molecule has 0 fully saturated rings. The maximum Gasteiger partial charge on any atom is 0.331 e. The van der Waals surface area contributed by atoms with Gasteiger partial charge < -0.3 is 4.40 Å². The van der Waals surface area contributed by atoms with Gasteiger partial charge in [0, 0.05) is 25.1 Å². The van der Waals surface area contributed by atoms with Gasteiger partial charge in [0.15, 0.2) is 0 Å². The van der Waals surface area contributed by atoms with Crippen LogP contribution in [0.3, 0.4) is 0 Å². The molecule has 0 N–H and O–H groups in total. The fraction of sp³-hybridized carbons (Fsp3) is 0.250. The molecule has 0 saturated heterocycles. The third-order valence-corrected chi connectivity index (χ3v) is 3.75. The van der Waals surface area contributed by atoms with Crippen LogP contribution in [0, 0.1) is 18.3 Å². The molecule has 7 nitrogen and oxygen atoms in total. The number of fused-ring (bicyclic) bond motifs is 1. The van der Waals surface area contributed by atoms with Crippen molar-refractivity contribution in [1.29, 1.82) is 5.26 Å². The molecule has 7 heteroatoms. The molecule has 0 bridgehead atoms. The van der Waals surface area contributed by atoms with E-state index in [4.69, 9.17) is 5.26 Å². The summed E-state index contributed by atoms with van der Waals surface area (Å²) in [6.07, 6.45) is 4.94. The second-order valence-corrected chi connectivity index (χ2v) is 5.27. The largest absolute Gasteiger partial charge is 0.331 e. The Kier molecular flexibility index (Phi) is 3.58. The Hall–Kier alpha value is -3.14. The molecule has 0 aromatic carbocycles. The van der Waals surface area contributed by atoms with Crippen LogP contribution in [0.15, 0.2) is 40.3 Å². The minimum Gasteiger partial charge on any atom is -0.307 e. The number of hydrogen-bond donors (Lipinski definition) is 0. The van der Waals surface area contributed by atoms with Crippen molar-refractivity contribution in [2.24, 2.45) is 0 Å². The number of pyridine rings is 1. The zero-order chi connectivity index (χ0) is 16.6. The predicted octanol–water partition coefficient (Wildman–Crippen LogP) is 0.906. The van der Waals surface area contributed by atoms with E-state index in [0.717, 1.165) is 15.8 Å². The molecule has 0 spiro atoms. The third kappa shape index (κ3) is 2.44. The molecule has 23 heavy (non-hydrogen) atoms. The van der Waals surface area contributed by atoms with Crippen molar-refractivity contribution in [2.45, 2.75) is 26.9 Å². The highest BCUT2D eigenvalue weighted by molar-refractivity contribution is 5.47. The summed E-state index contributed by atoms with van der Waals surface area (Å²) in [5, 5.41) is 9.07. The topological polar surface area (TPSA) is 85.1 Å². The van der Waals surface area contributed by atoms with Crippen LogP contribution in [0.4, 0.5) is 0 Å². The van der Waals surface area contributed by atoms with E-state index < -0.39 is 11.2 Å². The van der Waals surface area contributed by atoms with Crippen molar-refractivity contribution in [3.63, 3.8) is 0 Å². The summed E-state index contributed by atoms with van der Waals surface area (Å²) >= 11 is 0. The summed E-state index contributed by atoms with van der Waals surface area (Å²) in [5.41, 5.74) is 1.30. The number of nitriles is 1. The lowest BCUT2D eigenvalue weighted by Crippen LogP contribution is -2.41. The number of rotatable bonds is 3. The fourth-order valence-electron chi connectivity index (χ4n) is 2.54. The van der Waals surface area contributed by atoms with Gasteiger partial charge in [-0.25, -0.2) is 9.78 Å². The number of aromatic nitrogens is 4. The first-order valence-corrected chi connectivity index (χ1v) is 7.22. The molecule has 0 unspecified atom stereocenters. The van der Waals surface area contributed by atoms with Gasteiger partial charge in [0.2, 0.25) is 0 Å². The van der Waals surface area contributed by atoms with E-state index >= 15 is 0 Å². The maximum atomic E-state index is 12.4. The van der Waals surface area contributed by atoms with Crippen molar-refractivity contribution in [3.8, 4) is 6.07 Å². The lowest BCUT2D eigenvalue weighted by atomic mass is 10.3. The normalized spacial score (nSPS) is 10.8. The average molecular weight is 309 g/mol. The quantitative estimate of drug-likeness (QED) is 0.719. The molecule has 0 aliphatic carbocycles. The molecule has 3 rings (SSSR count). The predicted molar refractivity (Wildman–Crippen MR) is 84.4 cm³/mol. The SMILES string of the molecule is CCn1cc(C#N)c(=O)n(Cc2cn3cccc(C)c3n2)c1=O. The van der Waals surface area contributed by atoms with Gasteiger partial charge in [-0.05, 0) is 25.5 Å². The van der Waals surface area contributed by atoms with Gasteiger partial charge in [0.1, 0.15) is 17.3 Å². The molecule has 0 radical (unpaired) electrons. The molecule has 3 aromatic heterocycles. The second kappa shape index (κ2) is 5.57. The Bertz CT molecular complexity index is 1050. The van der Waals surface area contributed by atoms with Crippen molar-refractivity contribution in [1.82, 2.24) is 18.5 Å².